The first-order valence-electron chi connectivity index (χ1n) is 6.34. The van der Waals surface area contributed by atoms with Crippen LogP contribution >= 0.6 is 24.0 Å². The summed E-state index contributed by atoms with van der Waals surface area (Å²) in [5.41, 5.74) is 0. The largest absolute Gasteiger partial charge is 0.349 e. The van der Waals surface area contributed by atoms with Crippen molar-refractivity contribution in [3.8, 4) is 0 Å². The standard InChI is InChI=1S/C13H19NOS2/c15-13(12-8-11(16)9-17-12)14-10-6-4-2-1-3-5-7-10/h8-10,16H,1-7H2,(H,14,15). The normalized spacial score (nSPS) is 18.4. The summed E-state index contributed by atoms with van der Waals surface area (Å²) in [5, 5.41) is 5.05. The van der Waals surface area contributed by atoms with Gasteiger partial charge in [0.05, 0.1) is 4.88 Å². The first kappa shape index (κ1) is 13.0. The molecule has 1 aromatic heterocycles. The summed E-state index contributed by atoms with van der Waals surface area (Å²) in [5.74, 6) is 0.0703. The summed E-state index contributed by atoms with van der Waals surface area (Å²) in [6.07, 6.45) is 8.73. The maximum absolute atomic E-state index is 12.0. The Labute approximate surface area is 112 Å². The predicted molar refractivity (Wildman–Crippen MR) is 75.1 cm³/mol. The van der Waals surface area contributed by atoms with Crippen LogP contribution in [-0.2, 0) is 0 Å². The Bertz CT molecular complexity index is 367. The van der Waals surface area contributed by atoms with Crippen LogP contribution in [0.1, 0.15) is 54.6 Å². The van der Waals surface area contributed by atoms with Crippen molar-refractivity contribution in [2.24, 2.45) is 0 Å². The molecule has 1 saturated carbocycles. The zero-order valence-electron chi connectivity index (χ0n) is 9.95. The number of hydrogen-bond donors (Lipinski definition) is 2. The molecule has 1 fully saturated rings. The Morgan fingerprint density at radius 1 is 1.24 bits per heavy atom. The van der Waals surface area contributed by atoms with E-state index in [2.05, 4.69) is 17.9 Å². The van der Waals surface area contributed by atoms with Gasteiger partial charge in [0, 0.05) is 16.3 Å². The van der Waals surface area contributed by atoms with Gasteiger partial charge in [-0.15, -0.1) is 24.0 Å². The highest BCUT2D eigenvalue weighted by atomic mass is 32.1. The highest BCUT2D eigenvalue weighted by Crippen LogP contribution is 2.20. The van der Waals surface area contributed by atoms with Crippen LogP contribution in [0.15, 0.2) is 16.3 Å². The number of carbonyl (C=O) groups is 1. The third-order valence-electron chi connectivity index (χ3n) is 3.25. The molecule has 1 N–H and O–H groups in total. The molecule has 0 saturated heterocycles. The monoisotopic (exact) mass is 269 g/mol. The van der Waals surface area contributed by atoms with Crippen molar-refractivity contribution >= 4 is 29.9 Å². The number of rotatable bonds is 2. The van der Waals surface area contributed by atoms with Gasteiger partial charge in [0.1, 0.15) is 0 Å². The molecule has 0 aliphatic heterocycles. The van der Waals surface area contributed by atoms with E-state index >= 15 is 0 Å². The van der Waals surface area contributed by atoms with E-state index in [1.165, 1.54) is 43.4 Å². The fourth-order valence-electron chi connectivity index (χ4n) is 2.30. The van der Waals surface area contributed by atoms with Crippen LogP contribution in [0.25, 0.3) is 0 Å². The van der Waals surface area contributed by atoms with Crippen LogP contribution < -0.4 is 5.32 Å². The van der Waals surface area contributed by atoms with E-state index in [0.29, 0.717) is 6.04 Å². The number of hydrogen-bond acceptors (Lipinski definition) is 3. The zero-order valence-corrected chi connectivity index (χ0v) is 11.7. The molecule has 2 rings (SSSR count). The van der Waals surface area contributed by atoms with E-state index in [0.717, 1.165) is 22.6 Å². The molecule has 4 heteroatoms. The zero-order chi connectivity index (χ0) is 12.1. The summed E-state index contributed by atoms with van der Waals surface area (Å²) < 4.78 is 0. The quantitative estimate of drug-likeness (QED) is 0.784. The van der Waals surface area contributed by atoms with Gasteiger partial charge in [-0.3, -0.25) is 4.79 Å². The van der Waals surface area contributed by atoms with Gasteiger partial charge in [-0.25, -0.2) is 0 Å². The highest BCUT2D eigenvalue weighted by Gasteiger charge is 2.15. The van der Waals surface area contributed by atoms with E-state index < -0.39 is 0 Å². The van der Waals surface area contributed by atoms with E-state index in [1.807, 2.05) is 11.4 Å². The van der Waals surface area contributed by atoms with E-state index in [1.54, 1.807) is 0 Å². The summed E-state index contributed by atoms with van der Waals surface area (Å²) in [6.45, 7) is 0. The molecule has 0 aromatic carbocycles. The molecule has 1 amide bonds. The Morgan fingerprint density at radius 2 is 1.88 bits per heavy atom. The van der Waals surface area contributed by atoms with Crippen LogP contribution in [0, 0.1) is 0 Å². The SMILES string of the molecule is O=C(NC1CCCCCCC1)c1cc(S)cs1. The van der Waals surface area contributed by atoms with Crippen molar-refractivity contribution in [1.29, 1.82) is 0 Å². The summed E-state index contributed by atoms with van der Waals surface area (Å²) in [6, 6.07) is 2.21. The highest BCUT2D eigenvalue weighted by molar-refractivity contribution is 7.80. The van der Waals surface area contributed by atoms with Gasteiger partial charge in [0.25, 0.3) is 5.91 Å². The summed E-state index contributed by atoms with van der Waals surface area (Å²) in [7, 11) is 0. The second-order valence-corrected chi connectivity index (χ2v) is 6.11. The van der Waals surface area contributed by atoms with E-state index in [-0.39, 0.29) is 5.91 Å². The van der Waals surface area contributed by atoms with Gasteiger partial charge < -0.3 is 5.32 Å². The lowest BCUT2D eigenvalue weighted by atomic mass is 9.97. The molecule has 1 aromatic rings. The Balaban J connectivity index is 1.88. The van der Waals surface area contributed by atoms with E-state index in [4.69, 9.17) is 0 Å². The van der Waals surface area contributed by atoms with Crippen molar-refractivity contribution in [3.05, 3.63) is 16.3 Å². The average molecular weight is 269 g/mol. The van der Waals surface area contributed by atoms with Gasteiger partial charge in [-0.05, 0) is 18.9 Å². The molecule has 0 atom stereocenters. The maximum Gasteiger partial charge on any atom is 0.261 e. The van der Waals surface area contributed by atoms with Crippen molar-refractivity contribution < 1.29 is 4.79 Å². The molecule has 94 valence electrons. The van der Waals surface area contributed by atoms with Crippen LogP contribution in [0.4, 0.5) is 0 Å². The molecule has 17 heavy (non-hydrogen) atoms. The molecular weight excluding hydrogens is 250 g/mol. The first-order valence-corrected chi connectivity index (χ1v) is 7.67. The third-order valence-corrected chi connectivity index (χ3v) is 4.61. The Kier molecular flexibility index (Phi) is 4.92. The van der Waals surface area contributed by atoms with Gasteiger partial charge in [0.2, 0.25) is 0 Å². The lowest BCUT2D eigenvalue weighted by molar-refractivity contribution is 0.0934. The number of nitrogens with one attached hydrogen (secondary N) is 1. The van der Waals surface area contributed by atoms with Gasteiger partial charge in [-0.1, -0.05) is 32.1 Å². The van der Waals surface area contributed by atoms with Crippen molar-refractivity contribution in [2.45, 2.75) is 55.9 Å². The second-order valence-electron chi connectivity index (χ2n) is 4.68. The number of carbonyl (C=O) groups excluding carboxylic acids is 1. The Hall–Kier alpha value is -0.480. The number of thiol groups is 1. The third kappa shape index (κ3) is 4.03. The van der Waals surface area contributed by atoms with Crippen LogP contribution in [-0.4, -0.2) is 11.9 Å². The summed E-state index contributed by atoms with van der Waals surface area (Å²) in [4.78, 5) is 13.6. The van der Waals surface area contributed by atoms with Crippen LogP contribution in [0.5, 0.6) is 0 Å². The molecular formula is C13H19NOS2. The predicted octanol–water partition coefficient (Wildman–Crippen LogP) is 3.88. The maximum atomic E-state index is 12.0. The fourth-order valence-corrected chi connectivity index (χ4v) is 3.35. The van der Waals surface area contributed by atoms with Crippen molar-refractivity contribution in [3.63, 3.8) is 0 Å². The van der Waals surface area contributed by atoms with E-state index in [9.17, 15) is 4.79 Å². The first-order chi connectivity index (χ1) is 8.25. The van der Waals surface area contributed by atoms with Crippen LogP contribution in [0.3, 0.4) is 0 Å². The molecule has 1 aliphatic rings. The molecule has 0 bridgehead atoms. The average Bonchev–Trinajstić information content (AvgIpc) is 2.68. The van der Waals surface area contributed by atoms with Gasteiger partial charge in [-0.2, -0.15) is 0 Å². The van der Waals surface area contributed by atoms with Gasteiger partial charge >= 0.3 is 0 Å². The molecule has 1 heterocycles. The molecule has 0 unspecified atom stereocenters. The number of amides is 1. The lowest BCUT2D eigenvalue weighted by Crippen LogP contribution is -2.34. The topological polar surface area (TPSA) is 29.1 Å². The van der Waals surface area contributed by atoms with Crippen LogP contribution in [0.2, 0.25) is 0 Å². The van der Waals surface area contributed by atoms with Crippen molar-refractivity contribution in [2.75, 3.05) is 0 Å². The molecule has 2 nitrogen and oxygen atoms in total. The lowest BCUT2D eigenvalue weighted by Gasteiger charge is -2.20. The molecule has 0 spiro atoms. The molecule has 0 radical (unpaired) electrons. The minimum Gasteiger partial charge on any atom is -0.349 e. The van der Waals surface area contributed by atoms with Gasteiger partial charge in [0.15, 0.2) is 0 Å². The fraction of sp³-hybridized carbons (Fsp3) is 0.615. The Morgan fingerprint density at radius 3 is 2.47 bits per heavy atom. The second kappa shape index (κ2) is 6.45. The van der Waals surface area contributed by atoms with Crippen molar-refractivity contribution in [1.82, 2.24) is 5.32 Å². The smallest absolute Gasteiger partial charge is 0.261 e. The number of thiophene rings is 1. The minimum absolute atomic E-state index is 0.0703. The summed E-state index contributed by atoms with van der Waals surface area (Å²) >= 11 is 5.69. The molecule has 1 aliphatic carbocycles. The minimum atomic E-state index is 0.0703.